The van der Waals surface area contributed by atoms with Crippen LogP contribution in [0.15, 0.2) is 0 Å². The van der Waals surface area contributed by atoms with Gasteiger partial charge in [-0.25, -0.2) is 0 Å². The second kappa shape index (κ2) is 11.2. The van der Waals surface area contributed by atoms with Crippen molar-refractivity contribution in [1.29, 1.82) is 0 Å². The molecule has 0 N–H and O–H groups in total. The summed E-state index contributed by atoms with van der Waals surface area (Å²) in [7, 11) is 2.11. The van der Waals surface area contributed by atoms with Crippen LogP contribution >= 0.6 is 0 Å². The molecule has 174 valence electrons. The summed E-state index contributed by atoms with van der Waals surface area (Å²) in [5.41, 5.74) is 0. The van der Waals surface area contributed by atoms with E-state index in [2.05, 4.69) is 32.7 Å². The standard InChI is InChI=1S/C23H42N2O5/c1-16(2)29-22-15-28-21(22)13-18(4)30-19-6-11-27-20(14-19)12-17(3)23(26)25-9-7-24(5)8-10-25/h16-22H,6-15H2,1-5H3. The number of hydrogen-bond donors (Lipinski definition) is 0. The summed E-state index contributed by atoms with van der Waals surface area (Å²) in [6.07, 6.45) is 4.38. The highest BCUT2D eigenvalue weighted by Crippen LogP contribution is 2.27. The summed E-state index contributed by atoms with van der Waals surface area (Å²) in [5.74, 6) is 0.258. The van der Waals surface area contributed by atoms with E-state index in [1.807, 2.05) is 11.8 Å². The van der Waals surface area contributed by atoms with Crippen LogP contribution in [0.4, 0.5) is 0 Å². The number of hydrogen-bond acceptors (Lipinski definition) is 6. The number of ether oxygens (including phenoxy) is 4. The van der Waals surface area contributed by atoms with Crippen molar-refractivity contribution < 1.29 is 23.7 Å². The summed E-state index contributed by atoms with van der Waals surface area (Å²) >= 11 is 0. The molecule has 1 amide bonds. The van der Waals surface area contributed by atoms with Crippen molar-refractivity contribution in [3.05, 3.63) is 0 Å². The van der Waals surface area contributed by atoms with E-state index in [4.69, 9.17) is 18.9 Å². The van der Waals surface area contributed by atoms with Crippen LogP contribution in [0.1, 0.15) is 53.4 Å². The van der Waals surface area contributed by atoms with E-state index >= 15 is 0 Å². The number of carbonyl (C=O) groups excluding carboxylic acids is 1. The number of nitrogens with zero attached hydrogens (tertiary/aromatic N) is 2. The molecule has 0 aromatic carbocycles. The van der Waals surface area contributed by atoms with Crippen molar-refractivity contribution >= 4 is 5.91 Å². The van der Waals surface area contributed by atoms with Gasteiger partial charge in [0.1, 0.15) is 6.10 Å². The van der Waals surface area contributed by atoms with Crippen LogP contribution in [0.3, 0.4) is 0 Å². The molecule has 3 aliphatic heterocycles. The van der Waals surface area contributed by atoms with E-state index < -0.39 is 0 Å². The summed E-state index contributed by atoms with van der Waals surface area (Å²) in [5, 5.41) is 0. The van der Waals surface area contributed by atoms with Crippen molar-refractivity contribution in [2.45, 2.75) is 90.0 Å². The van der Waals surface area contributed by atoms with E-state index in [9.17, 15) is 4.79 Å². The molecule has 0 saturated carbocycles. The molecule has 6 atom stereocenters. The molecule has 3 rings (SSSR count). The fourth-order valence-electron chi connectivity index (χ4n) is 4.69. The van der Waals surface area contributed by atoms with Gasteiger partial charge in [-0.2, -0.15) is 0 Å². The van der Waals surface area contributed by atoms with E-state index in [-0.39, 0.29) is 48.4 Å². The Hall–Kier alpha value is -0.730. The second-order valence-corrected chi connectivity index (χ2v) is 9.68. The topological polar surface area (TPSA) is 60.5 Å². The highest BCUT2D eigenvalue weighted by Gasteiger charge is 2.36. The minimum Gasteiger partial charge on any atom is -0.378 e. The fourth-order valence-corrected chi connectivity index (χ4v) is 4.69. The Morgan fingerprint density at radius 1 is 1.03 bits per heavy atom. The first-order valence-electron chi connectivity index (χ1n) is 11.8. The summed E-state index contributed by atoms with van der Waals surface area (Å²) in [6.45, 7) is 13.3. The van der Waals surface area contributed by atoms with Gasteiger partial charge in [0.05, 0.1) is 37.1 Å². The Morgan fingerprint density at radius 2 is 1.77 bits per heavy atom. The predicted octanol–water partition coefficient (Wildman–Crippen LogP) is 2.32. The maximum absolute atomic E-state index is 12.8. The van der Waals surface area contributed by atoms with Crippen LogP contribution < -0.4 is 0 Å². The molecule has 7 heteroatoms. The molecule has 3 aliphatic rings. The van der Waals surface area contributed by atoms with E-state index in [0.717, 1.165) is 51.9 Å². The van der Waals surface area contributed by atoms with Gasteiger partial charge in [-0.05, 0) is 47.1 Å². The molecule has 0 aliphatic carbocycles. The predicted molar refractivity (Wildman–Crippen MR) is 116 cm³/mol. The molecule has 0 aromatic rings. The molecule has 0 bridgehead atoms. The van der Waals surface area contributed by atoms with Crippen molar-refractivity contribution in [2.75, 3.05) is 46.4 Å². The minimum absolute atomic E-state index is 0.00750. The second-order valence-electron chi connectivity index (χ2n) is 9.68. The number of carbonyl (C=O) groups is 1. The minimum atomic E-state index is -0.00750. The van der Waals surface area contributed by atoms with Gasteiger partial charge >= 0.3 is 0 Å². The van der Waals surface area contributed by atoms with Crippen LogP contribution in [-0.2, 0) is 23.7 Å². The Morgan fingerprint density at radius 3 is 2.40 bits per heavy atom. The van der Waals surface area contributed by atoms with Crippen molar-refractivity contribution in [2.24, 2.45) is 5.92 Å². The van der Waals surface area contributed by atoms with Gasteiger partial charge in [-0.1, -0.05) is 6.92 Å². The van der Waals surface area contributed by atoms with E-state index in [0.29, 0.717) is 13.2 Å². The van der Waals surface area contributed by atoms with Crippen LogP contribution in [-0.4, -0.2) is 98.8 Å². The lowest BCUT2D eigenvalue weighted by molar-refractivity contribution is -0.214. The first-order chi connectivity index (χ1) is 14.3. The first-order valence-corrected chi connectivity index (χ1v) is 11.8. The Balaban J connectivity index is 1.38. The van der Waals surface area contributed by atoms with E-state index in [1.54, 1.807) is 0 Å². The smallest absolute Gasteiger partial charge is 0.225 e. The maximum Gasteiger partial charge on any atom is 0.225 e. The van der Waals surface area contributed by atoms with Crippen LogP contribution in [0.5, 0.6) is 0 Å². The third kappa shape index (κ3) is 6.89. The van der Waals surface area contributed by atoms with Gasteiger partial charge in [0.15, 0.2) is 0 Å². The van der Waals surface area contributed by atoms with Crippen molar-refractivity contribution in [3.8, 4) is 0 Å². The average Bonchev–Trinajstić information content (AvgIpc) is 2.69. The molecule has 0 radical (unpaired) electrons. The van der Waals surface area contributed by atoms with Crippen molar-refractivity contribution in [1.82, 2.24) is 9.80 Å². The largest absolute Gasteiger partial charge is 0.378 e. The first kappa shape index (κ1) is 23.9. The highest BCUT2D eigenvalue weighted by atomic mass is 16.6. The van der Waals surface area contributed by atoms with Gasteiger partial charge in [-0.15, -0.1) is 0 Å². The number of likely N-dealkylation sites (N-methyl/N-ethyl adjacent to an activating group) is 1. The highest BCUT2D eigenvalue weighted by molar-refractivity contribution is 5.78. The summed E-state index contributed by atoms with van der Waals surface area (Å²) in [6, 6.07) is 0. The fraction of sp³-hybridized carbons (Fsp3) is 0.957. The zero-order chi connectivity index (χ0) is 21.7. The maximum atomic E-state index is 12.8. The molecule has 3 fully saturated rings. The molecule has 0 aromatic heterocycles. The number of amides is 1. The van der Waals surface area contributed by atoms with Gasteiger partial charge in [-0.3, -0.25) is 4.79 Å². The summed E-state index contributed by atoms with van der Waals surface area (Å²) < 4.78 is 23.9. The zero-order valence-electron chi connectivity index (χ0n) is 19.5. The SMILES string of the molecule is CC(C)OC1COC1CC(C)OC1CCOC(CC(C)C(=O)N2CCN(C)CC2)C1. The average molecular weight is 427 g/mol. The van der Waals surface area contributed by atoms with Gasteiger partial charge in [0, 0.05) is 45.1 Å². The Bertz CT molecular complexity index is 538. The molecule has 30 heavy (non-hydrogen) atoms. The third-order valence-electron chi connectivity index (χ3n) is 6.50. The number of rotatable bonds is 9. The van der Waals surface area contributed by atoms with Crippen LogP contribution in [0.2, 0.25) is 0 Å². The van der Waals surface area contributed by atoms with Crippen LogP contribution in [0, 0.1) is 5.92 Å². The summed E-state index contributed by atoms with van der Waals surface area (Å²) in [4.78, 5) is 17.1. The lowest BCUT2D eigenvalue weighted by Gasteiger charge is -2.40. The lowest BCUT2D eigenvalue weighted by atomic mass is 9.95. The van der Waals surface area contributed by atoms with Crippen LogP contribution in [0.25, 0.3) is 0 Å². The van der Waals surface area contributed by atoms with Gasteiger partial charge < -0.3 is 28.7 Å². The Kier molecular flexibility index (Phi) is 8.95. The van der Waals surface area contributed by atoms with Gasteiger partial charge in [0.2, 0.25) is 5.91 Å². The Labute approximate surface area is 182 Å². The quantitative estimate of drug-likeness (QED) is 0.564. The number of piperazine rings is 1. The molecule has 0 spiro atoms. The van der Waals surface area contributed by atoms with E-state index in [1.165, 1.54) is 0 Å². The monoisotopic (exact) mass is 426 g/mol. The molecule has 3 heterocycles. The third-order valence-corrected chi connectivity index (χ3v) is 6.50. The molecular formula is C23H42N2O5. The van der Waals surface area contributed by atoms with Crippen molar-refractivity contribution in [3.63, 3.8) is 0 Å². The molecule has 3 saturated heterocycles. The molecular weight excluding hydrogens is 384 g/mol. The van der Waals surface area contributed by atoms with Gasteiger partial charge in [0.25, 0.3) is 0 Å². The normalized spacial score (nSPS) is 32.7. The zero-order valence-corrected chi connectivity index (χ0v) is 19.5. The molecule has 7 nitrogen and oxygen atoms in total. The lowest BCUT2D eigenvalue weighted by Crippen LogP contribution is -2.50. The molecule has 6 unspecified atom stereocenters.